The molecule has 0 spiro atoms. The van der Waals surface area contributed by atoms with E-state index in [4.69, 9.17) is 32.3 Å². The van der Waals surface area contributed by atoms with Gasteiger partial charge in [0.1, 0.15) is 25.4 Å². The molecule has 0 aliphatic heterocycles. The highest BCUT2D eigenvalue weighted by atomic mass is 31.2. The number of aliphatic hydroxyl groups is 2. The van der Waals surface area contributed by atoms with E-state index in [1.54, 1.807) is 0 Å². The Morgan fingerprint density at radius 3 is 0.842 bits per heavy atom. The second-order valence-corrected chi connectivity index (χ2v) is 28.3. The van der Waals surface area contributed by atoms with E-state index >= 15 is 0 Å². The van der Waals surface area contributed by atoms with Gasteiger partial charge in [0.25, 0.3) is 0 Å². The van der Waals surface area contributed by atoms with Gasteiger partial charge in [-0.2, -0.15) is 0 Å². The fourth-order valence-corrected chi connectivity index (χ4v) is 11.5. The number of phosphoric ester groups is 2. The molecule has 0 rings (SSSR count). The Balaban J connectivity index is 4.54. The quantitative estimate of drug-likeness (QED) is 0.0146. The van der Waals surface area contributed by atoms with Gasteiger partial charge in [0.2, 0.25) is 0 Å². The third kappa shape index (κ3) is 76.1. The summed E-state index contributed by atoms with van der Waals surface area (Å²) in [4.78, 5) is 58.6. The summed E-state index contributed by atoms with van der Waals surface area (Å²) in [6, 6.07) is 0. The number of phosphoric acid groups is 2. The van der Waals surface area contributed by atoms with E-state index in [0.717, 1.165) is 161 Å². The van der Waals surface area contributed by atoms with Crippen LogP contribution in [0.1, 0.15) is 290 Å². The SMILES string of the molecule is CC/C=C\C/C=C\C/C=C\C/C=C\C/C=C\C/C=C\CCCCCCCCCCCCCCC(=O)OCC(O)COP(=O)(O)OCC(O)COP(=O)(O)OCC(COC(=O)CCCCC/C=C\C/C=C\C/C=C\C/C=C\C/C=C\CC)OC(=O)CCCCCCC/C=C\C/C=C\CCCCC. The highest BCUT2D eigenvalue weighted by molar-refractivity contribution is 7.47. The summed E-state index contributed by atoms with van der Waals surface area (Å²) >= 11 is 0. The van der Waals surface area contributed by atoms with E-state index < -0.39 is 91.5 Å². The normalized spacial score (nSPS) is 14.9. The molecule has 4 N–H and O–H groups in total. The van der Waals surface area contributed by atoms with Gasteiger partial charge >= 0.3 is 33.6 Å². The average molecular weight is 1450 g/mol. The van der Waals surface area contributed by atoms with Crippen molar-refractivity contribution < 1.29 is 75.8 Å². The molecular formula is C83H138O16P2. The molecule has 0 aliphatic rings. The molecule has 0 saturated carbocycles. The number of carbonyl (C=O) groups is 3. The summed E-state index contributed by atoms with van der Waals surface area (Å²) in [5.74, 6) is -1.64. The van der Waals surface area contributed by atoms with E-state index in [2.05, 4.69) is 179 Å². The lowest BCUT2D eigenvalue weighted by atomic mass is 10.0. The van der Waals surface area contributed by atoms with Crippen molar-refractivity contribution in [2.75, 3.05) is 39.6 Å². The number of ether oxygens (including phenoxy) is 3. The summed E-state index contributed by atoms with van der Waals surface area (Å²) in [6.07, 6.45) is 93.0. The average Bonchev–Trinajstić information content (AvgIpc) is 0.980. The topological polar surface area (TPSA) is 231 Å². The summed E-state index contributed by atoms with van der Waals surface area (Å²) in [7, 11) is -9.81. The lowest BCUT2D eigenvalue weighted by Gasteiger charge is -2.21. The predicted molar refractivity (Wildman–Crippen MR) is 417 cm³/mol. The number of carbonyl (C=O) groups excluding carboxylic acids is 3. The van der Waals surface area contributed by atoms with E-state index in [9.17, 15) is 43.5 Å². The van der Waals surface area contributed by atoms with Gasteiger partial charge in [-0.15, -0.1) is 0 Å². The maximum absolute atomic E-state index is 12.9. The molecule has 0 aromatic heterocycles. The smallest absolute Gasteiger partial charge is 0.463 e. The number of esters is 3. The Morgan fingerprint density at radius 2 is 0.525 bits per heavy atom. The monoisotopic (exact) mass is 1450 g/mol. The minimum Gasteiger partial charge on any atom is -0.463 e. The number of aliphatic hydroxyl groups excluding tert-OH is 2. The molecular weight excluding hydrogens is 1310 g/mol. The van der Waals surface area contributed by atoms with Crippen LogP contribution < -0.4 is 0 Å². The Bertz CT molecular complexity index is 2470. The number of allylic oxidation sites excluding steroid dienone is 26. The van der Waals surface area contributed by atoms with Crippen molar-refractivity contribution in [1.82, 2.24) is 0 Å². The van der Waals surface area contributed by atoms with Crippen molar-refractivity contribution in [3.05, 3.63) is 158 Å². The molecule has 0 aromatic carbocycles. The Hall–Kier alpha value is -4.83. The van der Waals surface area contributed by atoms with Gasteiger partial charge in [-0.05, 0) is 148 Å². The fraction of sp³-hybridized carbons (Fsp3) is 0.651. The lowest BCUT2D eigenvalue weighted by Crippen LogP contribution is -2.30. The van der Waals surface area contributed by atoms with E-state index in [-0.39, 0.29) is 19.3 Å². The van der Waals surface area contributed by atoms with E-state index in [0.29, 0.717) is 19.3 Å². The molecule has 0 heterocycles. The third-order valence-corrected chi connectivity index (χ3v) is 17.6. The van der Waals surface area contributed by atoms with Crippen molar-refractivity contribution >= 4 is 33.6 Å². The molecule has 576 valence electrons. The summed E-state index contributed by atoms with van der Waals surface area (Å²) in [5, 5.41) is 20.6. The van der Waals surface area contributed by atoms with E-state index in [1.165, 1.54) is 70.6 Å². The minimum absolute atomic E-state index is 0.0768. The van der Waals surface area contributed by atoms with Crippen molar-refractivity contribution in [2.24, 2.45) is 0 Å². The molecule has 101 heavy (non-hydrogen) atoms. The first-order valence-electron chi connectivity index (χ1n) is 38.8. The van der Waals surface area contributed by atoms with Gasteiger partial charge in [0.05, 0.1) is 26.4 Å². The summed E-state index contributed by atoms with van der Waals surface area (Å²) in [6.45, 7) is 2.36. The van der Waals surface area contributed by atoms with Gasteiger partial charge in [0.15, 0.2) is 6.10 Å². The van der Waals surface area contributed by atoms with Crippen LogP contribution in [0.2, 0.25) is 0 Å². The number of rotatable bonds is 72. The first-order chi connectivity index (χ1) is 49.2. The maximum atomic E-state index is 12.9. The maximum Gasteiger partial charge on any atom is 0.472 e. The van der Waals surface area contributed by atoms with Gasteiger partial charge in [-0.25, -0.2) is 9.13 Å². The van der Waals surface area contributed by atoms with Crippen LogP contribution in [0.5, 0.6) is 0 Å². The number of unbranched alkanes of at least 4 members (excludes halogenated alkanes) is 23. The molecule has 5 unspecified atom stereocenters. The summed E-state index contributed by atoms with van der Waals surface area (Å²) < 4.78 is 61.0. The molecule has 0 bridgehead atoms. The Labute approximate surface area is 612 Å². The predicted octanol–water partition coefficient (Wildman–Crippen LogP) is 22.6. The third-order valence-electron chi connectivity index (χ3n) is 15.7. The minimum atomic E-state index is -4.94. The summed E-state index contributed by atoms with van der Waals surface area (Å²) in [5.41, 5.74) is 0. The highest BCUT2D eigenvalue weighted by Crippen LogP contribution is 2.45. The molecule has 16 nitrogen and oxygen atoms in total. The molecule has 0 saturated heterocycles. The van der Waals surface area contributed by atoms with Crippen LogP contribution in [-0.2, 0) is 55.8 Å². The zero-order valence-corrected chi connectivity index (χ0v) is 64.6. The number of hydrogen-bond acceptors (Lipinski definition) is 14. The molecule has 0 aromatic rings. The van der Waals surface area contributed by atoms with Gasteiger partial charge in [-0.1, -0.05) is 281 Å². The number of hydrogen-bond donors (Lipinski definition) is 4. The van der Waals surface area contributed by atoms with Crippen LogP contribution in [0.25, 0.3) is 0 Å². The largest absolute Gasteiger partial charge is 0.472 e. The van der Waals surface area contributed by atoms with Crippen molar-refractivity contribution in [2.45, 2.75) is 309 Å². The lowest BCUT2D eigenvalue weighted by molar-refractivity contribution is -0.161. The van der Waals surface area contributed by atoms with Crippen LogP contribution in [-0.4, -0.2) is 95.9 Å². The zero-order valence-electron chi connectivity index (χ0n) is 62.8. The second kappa shape index (κ2) is 74.9. The van der Waals surface area contributed by atoms with Crippen molar-refractivity contribution in [3.8, 4) is 0 Å². The highest BCUT2D eigenvalue weighted by Gasteiger charge is 2.29. The van der Waals surface area contributed by atoms with Gasteiger partial charge in [0, 0.05) is 19.3 Å². The fourth-order valence-electron chi connectivity index (χ4n) is 9.87. The Morgan fingerprint density at radius 1 is 0.287 bits per heavy atom. The molecule has 0 aliphatic carbocycles. The van der Waals surface area contributed by atoms with Crippen LogP contribution >= 0.6 is 15.6 Å². The molecule has 5 atom stereocenters. The van der Waals surface area contributed by atoms with Crippen molar-refractivity contribution in [3.63, 3.8) is 0 Å². The first-order valence-corrected chi connectivity index (χ1v) is 41.8. The molecule has 0 fully saturated rings. The second-order valence-electron chi connectivity index (χ2n) is 25.4. The van der Waals surface area contributed by atoms with Crippen LogP contribution in [0, 0.1) is 0 Å². The van der Waals surface area contributed by atoms with Crippen molar-refractivity contribution in [1.29, 1.82) is 0 Å². The van der Waals surface area contributed by atoms with Gasteiger partial charge in [-0.3, -0.25) is 32.5 Å². The first kappa shape index (κ1) is 96.2. The van der Waals surface area contributed by atoms with Gasteiger partial charge < -0.3 is 34.2 Å². The Kier molecular flexibility index (Phi) is 71.3. The molecule has 0 radical (unpaired) electrons. The van der Waals surface area contributed by atoms with Crippen LogP contribution in [0.15, 0.2) is 158 Å². The molecule has 18 heteroatoms. The molecule has 0 amide bonds. The van der Waals surface area contributed by atoms with Crippen LogP contribution in [0.4, 0.5) is 0 Å². The van der Waals surface area contributed by atoms with Crippen LogP contribution in [0.3, 0.4) is 0 Å². The zero-order chi connectivity index (χ0) is 73.7. The van der Waals surface area contributed by atoms with E-state index in [1.807, 2.05) is 0 Å². The standard InChI is InChI=1S/C83H138O16P2/c1-4-7-10-13-16-19-22-25-28-30-32-33-34-35-36-37-38-39-40-41-42-43-45-47-49-51-54-57-60-63-66-69-81(86)93-72-78(84)73-95-100(89,90)96-74-79(85)75-97-101(91,92)98-77-80(99-83(88)71-68-65-62-59-56-53-48-27-24-21-18-15-12-9-6-3)76-94-82(87)70-67-64-61-58-55-52-50-46-44-31-29-26-23-20-17-14-11-8-5-2/h7-8,10-11,16-21,25-29,32-33,35-36,38-39,44,46,48,52,55,78-80,84-85H,4-6,9,12-15,22-24,30-31,34,37,40-43,45,47,49-51,53-54,56-77H2,1-3H3,(H,89,90)(H,91,92)/b10-7-,11-8-,19-16-,20-17-,21-18-,28-25-,29-26-,33-32-,36-35-,39-38-,46-44-,48-27-,55-52-.